The van der Waals surface area contributed by atoms with Crippen molar-refractivity contribution in [3.8, 4) is 0 Å². The summed E-state index contributed by atoms with van der Waals surface area (Å²) in [4.78, 5) is 23.2. The van der Waals surface area contributed by atoms with Crippen LogP contribution in [0.4, 0.5) is 0 Å². The predicted octanol–water partition coefficient (Wildman–Crippen LogP) is 2.91. The summed E-state index contributed by atoms with van der Waals surface area (Å²) in [6.45, 7) is 2.18. The van der Waals surface area contributed by atoms with Gasteiger partial charge in [-0.05, 0) is 43.7 Å². The number of rotatable bonds is 6. The van der Waals surface area contributed by atoms with Crippen LogP contribution in [0.2, 0.25) is 0 Å². The standard InChI is InChI=1S/C17H23NO3/c1-2-21-17(20)12-6-11-16(19)18-15-10-5-8-13-7-3-4-9-14(13)15/h3-4,7,9,15H,2,5-6,8,10-12H2,1H3,(H,18,19). The fourth-order valence-corrected chi connectivity index (χ4v) is 2.80. The number of fused-ring (bicyclic) bond motifs is 1. The minimum Gasteiger partial charge on any atom is -0.466 e. The zero-order chi connectivity index (χ0) is 15.1. The predicted molar refractivity (Wildman–Crippen MR) is 80.7 cm³/mol. The maximum absolute atomic E-state index is 12.0. The Morgan fingerprint density at radius 2 is 2.10 bits per heavy atom. The van der Waals surface area contributed by atoms with E-state index in [4.69, 9.17) is 4.74 Å². The molecule has 0 bridgehead atoms. The van der Waals surface area contributed by atoms with E-state index < -0.39 is 0 Å². The second kappa shape index (κ2) is 7.81. The lowest BCUT2D eigenvalue weighted by Gasteiger charge is -2.26. The Morgan fingerprint density at radius 3 is 2.90 bits per heavy atom. The van der Waals surface area contributed by atoms with E-state index in [1.165, 1.54) is 11.1 Å². The van der Waals surface area contributed by atoms with Crippen molar-refractivity contribution in [3.05, 3.63) is 35.4 Å². The number of hydrogen-bond acceptors (Lipinski definition) is 3. The smallest absolute Gasteiger partial charge is 0.305 e. The summed E-state index contributed by atoms with van der Waals surface area (Å²) < 4.78 is 4.85. The summed E-state index contributed by atoms with van der Waals surface area (Å²) in [7, 11) is 0. The van der Waals surface area contributed by atoms with Gasteiger partial charge in [-0.3, -0.25) is 9.59 Å². The van der Waals surface area contributed by atoms with Crippen molar-refractivity contribution in [3.63, 3.8) is 0 Å². The van der Waals surface area contributed by atoms with Crippen molar-refractivity contribution in [2.45, 2.75) is 51.5 Å². The summed E-state index contributed by atoms with van der Waals surface area (Å²) in [5.74, 6) is -0.214. The Balaban J connectivity index is 1.80. The van der Waals surface area contributed by atoms with Crippen LogP contribution in [0.1, 0.15) is 56.2 Å². The fourth-order valence-electron chi connectivity index (χ4n) is 2.80. The number of ether oxygens (including phenoxy) is 1. The van der Waals surface area contributed by atoms with Crippen LogP contribution in [-0.2, 0) is 20.7 Å². The van der Waals surface area contributed by atoms with E-state index in [9.17, 15) is 9.59 Å². The SMILES string of the molecule is CCOC(=O)CCCC(=O)NC1CCCc2ccccc21. The molecule has 1 aromatic carbocycles. The lowest BCUT2D eigenvalue weighted by Crippen LogP contribution is -2.30. The van der Waals surface area contributed by atoms with E-state index in [1.807, 2.05) is 12.1 Å². The molecule has 1 aliphatic rings. The largest absolute Gasteiger partial charge is 0.466 e. The van der Waals surface area contributed by atoms with Crippen LogP contribution in [0.15, 0.2) is 24.3 Å². The molecule has 114 valence electrons. The van der Waals surface area contributed by atoms with Gasteiger partial charge in [0, 0.05) is 12.8 Å². The van der Waals surface area contributed by atoms with E-state index in [2.05, 4.69) is 17.4 Å². The van der Waals surface area contributed by atoms with E-state index >= 15 is 0 Å². The average molecular weight is 289 g/mol. The molecule has 0 aliphatic heterocycles. The minimum atomic E-state index is -0.228. The van der Waals surface area contributed by atoms with Crippen molar-refractivity contribution in [2.24, 2.45) is 0 Å². The Bertz CT molecular complexity index is 499. The first-order valence-corrected chi connectivity index (χ1v) is 7.73. The zero-order valence-electron chi connectivity index (χ0n) is 12.6. The van der Waals surface area contributed by atoms with Gasteiger partial charge in [-0.25, -0.2) is 0 Å². The summed E-state index contributed by atoms with van der Waals surface area (Å²) in [6, 6.07) is 8.41. The van der Waals surface area contributed by atoms with Gasteiger partial charge in [0.05, 0.1) is 12.6 Å². The summed E-state index contributed by atoms with van der Waals surface area (Å²) >= 11 is 0. The van der Waals surface area contributed by atoms with Gasteiger partial charge in [0.25, 0.3) is 0 Å². The second-order valence-corrected chi connectivity index (χ2v) is 5.37. The Kier molecular flexibility index (Phi) is 5.78. The molecule has 0 saturated heterocycles. The van der Waals surface area contributed by atoms with Gasteiger partial charge in [0.2, 0.25) is 5.91 Å². The second-order valence-electron chi connectivity index (χ2n) is 5.37. The van der Waals surface area contributed by atoms with Gasteiger partial charge in [-0.2, -0.15) is 0 Å². The Labute approximate surface area is 125 Å². The molecule has 0 fully saturated rings. The minimum absolute atomic E-state index is 0.0148. The van der Waals surface area contributed by atoms with Crippen LogP contribution in [0.3, 0.4) is 0 Å². The topological polar surface area (TPSA) is 55.4 Å². The van der Waals surface area contributed by atoms with E-state index in [-0.39, 0.29) is 17.9 Å². The molecule has 0 aromatic heterocycles. The number of hydrogen-bond donors (Lipinski definition) is 1. The highest BCUT2D eigenvalue weighted by Gasteiger charge is 2.21. The number of carbonyl (C=O) groups is 2. The highest BCUT2D eigenvalue weighted by molar-refractivity contribution is 5.77. The maximum atomic E-state index is 12.0. The molecule has 1 aliphatic carbocycles. The fraction of sp³-hybridized carbons (Fsp3) is 0.529. The van der Waals surface area contributed by atoms with E-state index in [1.54, 1.807) is 6.92 Å². The molecule has 1 amide bonds. The summed E-state index contributed by atoms with van der Waals surface area (Å²) in [5, 5.41) is 3.09. The number of amides is 1. The van der Waals surface area contributed by atoms with Gasteiger partial charge in [0.1, 0.15) is 0 Å². The molecule has 1 atom stereocenters. The van der Waals surface area contributed by atoms with Crippen LogP contribution >= 0.6 is 0 Å². The molecule has 1 aromatic rings. The third-order valence-electron chi connectivity index (χ3n) is 3.79. The number of benzene rings is 1. The maximum Gasteiger partial charge on any atom is 0.305 e. The highest BCUT2D eigenvalue weighted by atomic mass is 16.5. The van der Waals surface area contributed by atoms with Crippen molar-refractivity contribution in [1.82, 2.24) is 5.32 Å². The number of carbonyl (C=O) groups excluding carboxylic acids is 2. The van der Waals surface area contributed by atoms with Crippen LogP contribution in [0.5, 0.6) is 0 Å². The quantitative estimate of drug-likeness (QED) is 0.819. The van der Waals surface area contributed by atoms with Crippen LogP contribution in [-0.4, -0.2) is 18.5 Å². The molecule has 4 nitrogen and oxygen atoms in total. The molecule has 0 heterocycles. The first-order chi connectivity index (χ1) is 10.2. The van der Waals surface area contributed by atoms with Gasteiger partial charge in [0.15, 0.2) is 0 Å². The number of nitrogens with one attached hydrogen (secondary N) is 1. The van der Waals surface area contributed by atoms with Crippen LogP contribution in [0.25, 0.3) is 0 Å². The molecule has 2 rings (SSSR count). The lowest BCUT2D eigenvalue weighted by atomic mass is 9.87. The first-order valence-electron chi connectivity index (χ1n) is 7.73. The molecule has 1 unspecified atom stereocenters. The van der Waals surface area contributed by atoms with Crippen molar-refractivity contribution in [1.29, 1.82) is 0 Å². The van der Waals surface area contributed by atoms with Crippen LogP contribution < -0.4 is 5.32 Å². The highest BCUT2D eigenvalue weighted by Crippen LogP contribution is 2.29. The molecule has 0 spiro atoms. The van der Waals surface area contributed by atoms with Gasteiger partial charge >= 0.3 is 5.97 Å². The van der Waals surface area contributed by atoms with Crippen molar-refractivity contribution in [2.75, 3.05) is 6.61 Å². The molecule has 1 N–H and O–H groups in total. The van der Waals surface area contributed by atoms with E-state index in [0.29, 0.717) is 25.9 Å². The first kappa shape index (κ1) is 15.5. The lowest BCUT2D eigenvalue weighted by molar-refractivity contribution is -0.143. The molecular weight excluding hydrogens is 266 g/mol. The average Bonchev–Trinajstić information content (AvgIpc) is 2.48. The molecule has 4 heteroatoms. The molecule has 0 radical (unpaired) electrons. The third-order valence-corrected chi connectivity index (χ3v) is 3.79. The molecule has 21 heavy (non-hydrogen) atoms. The van der Waals surface area contributed by atoms with Crippen molar-refractivity contribution < 1.29 is 14.3 Å². The van der Waals surface area contributed by atoms with Crippen LogP contribution in [0, 0.1) is 0 Å². The summed E-state index contributed by atoms with van der Waals surface area (Å²) in [6.07, 6.45) is 4.40. The molecular formula is C17H23NO3. The zero-order valence-corrected chi connectivity index (χ0v) is 12.6. The normalized spacial score (nSPS) is 16.9. The van der Waals surface area contributed by atoms with Gasteiger partial charge < -0.3 is 10.1 Å². The van der Waals surface area contributed by atoms with Crippen molar-refractivity contribution >= 4 is 11.9 Å². The number of esters is 1. The van der Waals surface area contributed by atoms with E-state index in [0.717, 1.165) is 19.3 Å². The van der Waals surface area contributed by atoms with Gasteiger partial charge in [-0.1, -0.05) is 24.3 Å². The molecule has 0 saturated carbocycles. The third kappa shape index (κ3) is 4.59. The Hall–Kier alpha value is -1.84. The Morgan fingerprint density at radius 1 is 1.29 bits per heavy atom. The monoisotopic (exact) mass is 289 g/mol. The van der Waals surface area contributed by atoms with Gasteiger partial charge in [-0.15, -0.1) is 0 Å². The summed E-state index contributed by atoms with van der Waals surface area (Å²) in [5.41, 5.74) is 2.57. The number of aryl methyl sites for hydroxylation is 1.